The third-order valence-corrected chi connectivity index (χ3v) is 2.92. The van der Waals surface area contributed by atoms with Crippen LogP contribution >= 0.6 is 0 Å². The molecule has 0 amide bonds. The van der Waals surface area contributed by atoms with Gasteiger partial charge in [-0.2, -0.15) is 0 Å². The van der Waals surface area contributed by atoms with Crippen LogP contribution in [0, 0.1) is 5.82 Å². The van der Waals surface area contributed by atoms with Gasteiger partial charge in [0.25, 0.3) is 0 Å². The van der Waals surface area contributed by atoms with Crippen molar-refractivity contribution in [3.05, 3.63) is 59.9 Å². The molecular formula is C16H18FNO. The number of halogens is 1. The normalized spacial score (nSPS) is 11.9. The van der Waals surface area contributed by atoms with Crippen LogP contribution in [0.5, 0.6) is 5.75 Å². The number of benzene rings is 2. The maximum atomic E-state index is 12.8. The number of rotatable bonds is 5. The summed E-state index contributed by atoms with van der Waals surface area (Å²) in [6.45, 7) is 4.70. The number of nitrogens with one attached hydrogen (secondary N) is 1. The molecule has 0 aliphatic carbocycles. The van der Waals surface area contributed by atoms with Crippen LogP contribution in [0.4, 0.5) is 10.1 Å². The van der Waals surface area contributed by atoms with Crippen LogP contribution < -0.4 is 10.1 Å². The molecule has 3 heteroatoms. The average molecular weight is 259 g/mol. The van der Waals surface area contributed by atoms with Gasteiger partial charge in [-0.15, -0.1) is 0 Å². The van der Waals surface area contributed by atoms with Gasteiger partial charge in [0.2, 0.25) is 0 Å². The van der Waals surface area contributed by atoms with Crippen LogP contribution in [-0.4, -0.2) is 6.61 Å². The van der Waals surface area contributed by atoms with E-state index in [0.29, 0.717) is 6.61 Å². The Kier molecular flexibility index (Phi) is 4.39. The van der Waals surface area contributed by atoms with Crippen LogP contribution in [0.25, 0.3) is 0 Å². The van der Waals surface area contributed by atoms with Gasteiger partial charge in [0.05, 0.1) is 6.61 Å². The topological polar surface area (TPSA) is 21.3 Å². The first kappa shape index (κ1) is 13.4. The zero-order valence-corrected chi connectivity index (χ0v) is 11.2. The third kappa shape index (κ3) is 3.71. The Morgan fingerprint density at radius 2 is 1.68 bits per heavy atom. The lowest BCUT2D eigenvalue weighted by molar-refractivity contribution is 0.340. The van der Waals surface area contributed by atoms with Gasteiger partial charge >= 0.3 is 0 Å². The van der Waals surface area contributed by atoms with Crippen molar-refractivity contribution in [2.75, 3.05) is 11.9 Å². The summed E-state index contributed by atoms with van der Waals surface area (Å²) in [6, 6.07) is 14.5. The number of hydrogen-bond acceptors (Lipinski definition) is 2. The molecule has 0 saturated heterocycles. The fourth-order valence-corrected chi connectivity index (χ4v) is 1.90. The van der Waals surface area contributed by atoms with Crippen molar-refractivity contribution < 1.29 is 9.13 Å². The number of hydrogen-bond donors (Lipinski definition) is 1. The van der Waals surface area contributed by atoms with E-state index >= 15 is 0 Å². The van der Waals surface area contributed by atoms with E-state index in [1.807, 2.05) is 31.2 Å². The Morgan fingerprint density at radius 1 is 1.05 bits per heavy atom. The van der Waals surface area contributed by atoms with E-state index < -0.39 is 0 Å². The number of anilines is 1. The zero-order chi connectivity index (χ0) is 13.7. The monoisotopic (exact) mass is 259 g/mol. The van der Waals surface area contributed by atoms with Crippen LogP contribution in [-0.2, 0) is 0 Å². The lowest BCUT2D eigenvalue weighted by atomic mass is 10.1. The summed E-state index contributed by atoms with van der Waals surface area (Å²) >= 11 is 0. The molecule has 19 heavy (non-hydrogen) atoms. The van der Waals surface area contributed by atoms with Gasteiger partial charge in [-0.1, -0.05) is 12.1 Å². The largest absolute Gasteiger partial charge is 0.494 e. The summed E-state index contributed by atoms with van der Waals surface area (Å²) in [4.78, 5) is 0. The molecule has 1 unspecified atom stereocenters. The highest BCUT2D eigenvalue weighted by atomic mass is 19.1. The highest BCUT2D eigenvalue weighted by Gasteiger charge is 2.05. The first-order valence-electron chi connectivity index (χ1n) is 6.44. The molecule has 0 bridgehead atoms. The molecule has 0 aliphatic heterocycles. The SMILES string of the molecule is CCOc1ccc(C(C)Nc2ccc(F)cc2)cc1. The molecule has 100 valence electrons. The van der Waals surface area contributed by atoms with Crippen LogP contribution in [0.1, 0.15) is 25.5 Å². The van der Waals surface area contributed by atoms with Crippen molar-refractivity contribution in [3.8, 4) is 5.75 Å². The van der Waals surface area contributed by atoms with Crippen LogP contribution in [0.2, 0.25) is 0 Å². The fourth-order valence-electron chi connectivity index (χ4n) is 1.90. The molecule has 0 aliphatic rings. The van der Waals surface area contributed by atoms with E-state index in [1.54, 1.807) is 12.1 Å². The molecule has 0 saturated carbocycles. The molecule has 2 rings (SSSR count). The van der Waals surface area contributed by atoms with Crippen molar-refractivity contribution >= 4 is 5.69 Å². The molecule has 1 atom stereocenters. The first-order valence-corrected chi connectivity index (χ1v) is 6.44. The van der Waals surface area contributed by atoms with Crippen molar-refractivity contribution in [3.63, 3.8) is 0 Å². The highest BCUT2D eigenvalue weighted by molar-refractivity contribution is 5.45. The Morgan fingerprint density at radius 3 is 2.26 bits per heavy atom. The van der Waals surface area contributed by atoms with Crippen LogP contribution in [0.15, 0.2) is 48.5 Å². The predicted molar refractivity (Wildman–Crippen MR) is 76.0 cm³/mol. The second kappa shape index (κ2) is 6.23. The van der Waals surface area contributed by atoms with Crippen molar-refractivity contribution in [1.29, 1.82) is 0 Å². The Bertz CT molecular complexity index is 507. The highest BCUT2D eigenvalue weighted by Crippen LogP contribution is 2.21. The molecule has 2 nitrogen and oxygen atoms in total. The third-order valence-electron chi connectivity index (χ3n) is 2.92. The Labute approximate surface area is 113 Å². The lowest BCUT2D eigenvalue weighted by Gasteiger charge is -2.16. The van der Waals surface area contributed by atoms with Gasteiger partial charge in [-0.05, 0) is 55.8 Å². The molecule has 0 heterocycles. The molecule has 2 aromatic carbocycles. The molecule has 2 aromatic rings. The van der Waals surface area contributed by atoms with E-state index in [1.165, 1.54) is 12.1 Å². The van der Waals surface area contributed by atoms with E-state index in [2.05, 4.69) is 12.2 Å². The minimum absolute atomic E-state index is 0.154. The van der Waals surface area contributed by atoms with Crippen molar-refractivity contribution in [2.24, 2.45) is 0 Å². The molecule has 0 spiro atoms. The first-order chi connectivity index (χ1) is 9.19. The maximum absolute atomic E-state index is 12.8. The van der Waals surface area contributed by atoms with E-state index in [4.69, 9.17) is 4.74 Å². The summed E-state index contributed by atoms with van der Waals surface area (Å²) in [7, 11) is 0. The molecular weight excluding hydrogens is 241 g/mol. The quantitative estimate of drug-likeness (QED) is 0.859. The minimum Gasteiger partial charge on any atom is -0.494 e. The van der Waals surface area contributed by atoms with Gasteiger partial charge in [-0.3, -0.25) is 0 Å². The smallest absolute Gasteiger partial charge is 0.123 e. The minimum atomic E-state index is -0.223. The van der Waals surface area contributed by atoms with Crippen molar-refractivity contribution in [1.82, 2.24) is 0 Å². The molecule has 0 aromatic heterocycles. The summed E-state index contributed by atoms with van der Waals surface area (Å²) in [5.74, 6) is 0.652. The second-order valence-corrected chi connectivity index (χ2v) is 4.37. The summed E-state index contributed by atoms with van der Waals surface area (Å²) in [5, 5.41) is 3.33. The Hall–Kier alpha value is -2.03. The average Bonchev–Trinajstić information content (AvgIpc) is 2.42. The van der Waals surface area contributed by atoms with Crippen LogP contribution in [0.3, 0.4) is 0 Å². The summed E-state index contributed by atoms with van der Waals surface area (Å²) in [6.07, 6.45) is 0. The lowest BCUT2D eigenvalue weighted by Crippen LogP contribution is -2.06. The Balaban J connectivity index is 2.02. The molecule has 1 N–H and O–H groups in total. The van der Waals surface area contributed by atoms with Gasteiger partial charge in [0.15, 0.2) is 0 Å². The fraction of sp³-hybridized carbons (Fsp3) is 0.250. The molecule has 0 radical (unpaired) electrons. The number of ether oxygens (including phenoxy) is 1. The van der Waals surface area contributed by atoms with Gasteiger partial charge in [0, 0.05) is 11.7 Å². The van der Waals surface area contributed by atoms with E-state index in [0.717, 1.165) is 17.0 Å². The predicted octanol–water partition coefficient (Wildman–Crippen LogP) is 4.40. The van der Waals surface area contributed by atoms with Gasteiger partial charge in [-0.25, -0.2) is 4.39 Å². The standard InChI is InChI=1S/C16H18FNO/c1-3-19-16-10-4-13(5-11-16)12(2)18-15-8-6-14(17)7-9-15/h4-12,18H,3H2,1-2H3. The maximum Gasteiger partial charge on any atom is 0.123 e. The second-order valence-electron chi connectivity index (χ2n) is 4.37. The summed E-state index contributed by atoms with van der Waals surface area (Å²) in [5.41, 5.74) is 2.07. The molecule has 0 fully saturated rings. The van der Waals surface area contributed by atoms with E-state index in [9.17, 15) is 4.39 Å². The van der Waals surface area contributed by atoms with Crippen molar-refractivity contribution in [2.45, 2.75) is 19.9 Å². The zero-order valence-electron chi connectivity index (χ0n) is 11.2. The van der Waals surface area contributed by atoms with E-state index in [-0.39, 0.29) is 11.9 Å². The van der Waals surface area contributed by atoms with Gasteiger partial charge < -0.3 is 10.1 Å². The summed E-state index contributed by atoms with van der Waals surface area (Å²) < 4.78 is 18.2. The van der Waals surface area contributed by atoms with Gasteiger partial charge in [0.1, 0.15) is 11.6 Å².